The Balaban J connectivity index is 2.06. The Kier molecular flexibility index (Phi) is 5.33. The number of aryl methyl sites for hydroxylation is 1. The van der Waals surface area contributed by atoms with Crippen LogP contribution in [0.2, 0.25) is 0 Å². The molecule has 114 valence electrons. The summed E-state index contributed by atoms with van der Waals surface area (Å²) in [5.74, 6) is 0. The zero-order valence-corrected chi connectivity index (χ0v) is 13.7. The van der Waals surface area contributed by atoms with Crippen LogP contribution < -0.4 is 10.0 Å². The molecule has 0 bridgehead atoms. The molecule has 21 heavy (non-hydrogen) atoms. The van der Waals surface area contributed by atoms with Gasteiger partial charge in [-0.25, -0.2) is 13.4 Å². The lowest BCUT2D eigenvalue weighted by atomic mass is 10.2. The lowest BCUT2D eigenvalue weighted by molar-refractivity contribution is 0.601. The Labute approximate surface area is 129 Å². The Morgan fingerprint density at radius 1 is 1.24 bits per heavy atom. The summed E-state index contributed by atoms with van der Waals surface area (Å²) in [6.45, 7) is 5.68. The molecule has 0 unspecified atom stereocenters. The number of thiazole rings is 1. The second-order valence-electron chi connectivity index (χ2n) is 4.70. The van der Waals surface area contributed by atoms with Crippen LogP contribution in [-0.2, 0) is 16.6 Å². The van der Waals surface area contributed by atoms with E-state index in [0.29, 0.717) is 5.13 Å². The average molecular weight is 325 g/mol. The van der Waals surface area contributed by atoms with E-state index in [1.165, 1.54) is 11.3 Å². The van der Waals surface area contributed by atoms with Crippen molar-refractivity contribution in [1.29, 1.82) is 0 Å². The fraction of sp³-hybridized carbons (Fsp3) is 0.357. The average Bonchev–Trinajstić information content (AvgIpc) is 2.84. The number of hydrogen-bond acceptors (Lipinski definition) is 5. The molecule has 2 rings (SSSR count). The molecular weight excluding hydrogens is 306 g/mol. The fourth-order valence-corrected chi connectivity index (χ4v) is 3.68. The Hall–Kier alpha value is -1.44. The molecule has 1 heterocycles. The third-order valence-electron chi connectivity index (χ3n) is 2.83. The molecule has 5 nitrogen and oxygen atoms in total. The molecule has 0 atom stereocenters. The van der Waals surface area contributed by atoms with E-state index in [4.69, 9.17) is 0 Å². The van der Waals surface area contributed by atoms with E-state index in [1.807, 2.05) is 19.1 Å². The van der Waals surface area contributed by atoms with Gasteiger partial charge in [-0.1, -0.05) is 19.1 Å². The minimum atomic E-state index is -3.56. The van der Waals surface area contributed by atoms with Gasteiger partial charge >= 0.3 is 0 Å². The molecule has 0 saturated heterocycles. The highest BCUT2D eigenvalue weighted by atomic mass is 32.2. The van der Waals surface area contributed by atoms with Gasteiger partial charge in [0.15, 0.2) is 5.13 Å². The summed E-state index contributed by atoms with van der Waals surface area (Å²) in [7, 11) is -3.56. The van der Waals surface area contributed by atoms with Crippen molar-refractivity contribution < 1.29 is 8.42 Å². The SMILES string of the molecule is CCCNCc1ccc(S(=O)(=O)Nc2ncc(C)s2)cc1. The first-order valence-electron chi connectivity index (χ1n) is 6.76. The van der Waals surface area contributed by atoms with Gasteiger partial charge in [-0.15, -0.1) is 11.3 Å². The van der Waals surface area contributed by atoms with E-state index in [2.05, 4.69) is 21.9 Å². The minimum Gasteiger partial charge on any atom is -0.313 e. The Bertz CT molecular complexity index is 678. The van der Waals surface area contributed by atoms with Gasteiger partial charge in [-0.3, -0.25) is 4.72 Å². The standard InChI is InChI=1S/C14H19N3O2S2/c1-3-8-15-10-12-4-6-13(7-5-12)21(18,19)17-14-16-9-11(2)20-14/h4-7,9,15H,3,8,10H2,1-2H3,(H,16,17). The lowest BCUT2D eigenvalue weighted by Gasteiger charge is -2.07. The van der Waals surface area contributed by atoms with E-state index >= 15 is 0 Å². The zero-order chi connectivity index (χ0) is 15.3. The van der Waals surface area contributed by atoms with E-state index in [9.17, 15) is 8.42 Å². The van der Waals surface area contributed by atoms with Crippen molar-refractivity contribution >= 4 is 26.5 Å². The quantitative estimate of drug-likeness (QED) is 0.768. The molecular formula is C14H19N3O2S2. The van der Waals surface area contributed by atoms with Crippen molar-refractivity contribution in [2.45, 2.75) is 31.7 Å². The first-order valence-corrected chi connectivity index (χ1v) is 9.06. The second kappa shape index (κ2) is 7.02. The van der Waals surface area contributed by atoms with Crippen molar-refractivity contribution in [3.8, 4) is 0 Å². The van der Waals surface area contributed by atoms with Gasteiger partial charge in [0.25, 0.3) is 10.0 Å². The first kappa shape index (κ1) is 15.9. The maximum absolute atomic E-state index is 12.2. The maximum atomic E-state index is 12.2. The molecule has 0 aliphatic rings. The van der Waals surface area contributed by atoms with Gasteiger partial charge in [0.1, 0.15) is 0 Å². The Morgan fingerprint density at radius 3 is 2.52 bits per heavy atom. The normalized spacial score (nSPS) is 11.5. The first-order chi connectivity index (χ1) is 10.0. The third kappa shape index (κ3) is 4.52. The number of benzene rings is 1. The van der Waals surface area contributed by atoms with Gasteiger partial charge in [-0.05, 0) is 37.6 Å². The number of hydrogen-bond donors (Lipinski definition) is 2. The topological polar surface area (TPSA) is 71.1 Å². The lowest BCUT2D eigenvalue weighted by Crippen LogP contribution is -2.15. The highest BCUT2D eigenvalue weighted by Crippen LogP contribution is 2.21. The molecule has 0 amide bonds. The summed E-state index contributed by atoms with van der Waals surface area (Å²) in [6.07, 6.45) is 2.72. The van der Waals surface area contributed by atoms with Crippen molar-refractivity contribution in [1.82, 2.24) is 10.3 Å². The molecule has 0 spiro atoms. The summed E-state index contributed by atoms with van der Waals surface area (Å²) in [5.41, 5.74) is 1.06. The minimum absolute atomic E-state index is 0.245. The highest BCUT2D eigenvalue weighted by molar-refractivity contribution is 7.93. The van der Waals surface area contributed by atoms with Gasteiger partial charge in [0.05, 0.1) is 4.90 Å². The van der Waals surface area contributed by atoms with Gasteiger partial charge < -0.3 is 5.32 Å². The smallest absolute Gasteiger partial charge is 0.263 e. The monoisotopic (exact) mass is 325 g/mol. The molecule has 0 aliphatic carbocycles. The molecule has 1 aromatic carbocycles. The molecule has 1 aromatic heterocycles. The van der Waals surface area contributed by atoms with Crippen molar-refractivity contribution in [3.05, 3.63) is 40.9 Å². The number of rotatable bonds is 7. The van der Waals surface area contributed by atoms with E-state index in [-0.39, 0.29) is 4.90 Å². The van der Waals surface area contributed by atoms with Crippen LogP contribution in [0.25, 0.3) is 0 Å². The number of aromatic nitrogens is 1. The van der Waals surface area contributed by atoms with Gasteiger partial charge in [0.2, 0.25) is 0 Å². The summed E-state index contributed by atoms with van der Waals surface area (Å²) >= 11 is 1.31. The second-order valence-corrected chi connectivity index (χ2v) is 7.62. The van der Waals surface area contributed by atoms with Crippen LogP contribution in [0, 0.1) is 6.92 Å². The number of nitrogens with one attached hydrogen (secondary N) is 2. The van der Waals surface area contributed by atoms with Crippen molar-refractivity contribution in [2.24, 2.45) is 0 Å². The molecule has 0 radical (unpaired) electrons. The maximum Gasteiger partial charge on any atom is 0.263 e. The summed E-state index contributed by atoms with van der Waals surface area (Å²) in [6, 6.07) is 6.88. The summed E-state index contributed by atoms with van der Waals surface area (Å²) in [4.78, 5) is 5.22. The van der Waals surface area contributed by atoms with Crippen LogP contribution in [0.4, 0.5) is 5.13 Å². The summed E-state index contributed by atoms with van der Waals surface area (Å²) in [5, 5.41) is 3.67. The highest BCUT2D eigenvalue weighted by Gasteiger charge is 2.15. The number of sulfonamides is 1. The van der Waals surface area contributed by atoms with Crippen molar-refractivity contribution in [2.75, 3.05) is 11.3 Å². The molecule has 0 fully saturated rings. The largest absolute Gasteiger partial charge is 0.313 e. The fourth-order valence-electron chi connectivity index (χ4n) is 1.77. The van der Waals surface area contributed by atoms with Crippen LogP contribution >= 0.6 is 11.3 Å². The van der Waals surface area contributed by atoms with Crippen LogP contribution in [0.1, 0.15) is 23.8 Å². The molecule has 7 heteroatoms. The molecule has 2 aromatic rings. The molecule has 0 aliphatic heterocycles. The summed E-state index contributed by atoms with van der Waals surface area (Å²) < 4.78 is 26.9. The van der Waals surface area contributed by atoms with Crippen molar-refractivity contribution in [3.63, 3.8) is 0 Å². The third-order valence-corrected chi connectivity index (χ3v) is 5.14. The number of anilines is 1. The van der Waals surface area contributed by atoms with Gasteiger partial charge in [0, 0.05) is 17.6 Å². The Morgan fingerprint density at radius 2 is 1.95 bits per heavy atom. The van der Waals surface area contributed by atoms with Crippen LogP contribution in [0.3, 0.4) is 0 Å². The predicted octanol–water partition coefficient (Wildman–Crippen LogP) is 2.75. The zero-order valence-electron chi connectivity index (χ0n) is 12.1. The molecule has 0 saturated carbocycles. The van der Waals surface area contributed by atoms with E-state index < -0.39 is 10.0 Å². The molecule has 2 N–H and O–H groups in total. The predicted molar refractivity (Wildman–Crippen MR) is 86.1 cm³/mol. The van der Waals surface area contributed by atoms with Crippen LogP contribution in [-0.4, -0.2) is 19.9 Å². The van der Waals surface area contributed by atoms with Crippen LogP contribution in [0.15, 0.2) is 35.4 Å². The number of nitrogens with zero attached hydrogens (tertiary/aromatic N) is 1. The van der Waals surface area contributed by atoms with Crippen LogP contribution in [0.5, 0.6) is 0 Å². The van der Waals surface area contributed by atoms with E-state index in [1.54, 1.807) is 18.3 Å². The van der Waals surface area contributed by atoms with E-state index in [0.717, 1.165) is 30.0 Å². The van der Waals surface area contributed by atoms with Gasteiger partial charge in [-0.2, -0.15) is 0 Å².